The first-order chi connectivity index (χ1) is 9.10. The second kappa shape index (κ2) is 6.08. The van der Waals surface area contributed by atoms with Crippen LogP contribution in [0.25, 0.3) is 0 Å². The fourth-order valence-corrected chi connectivity index (χ4v) is 2.22. The van der Waals surface area contributed by atoms with Crippen molar-refractivity contribution >= 4 is 5.91 Å². The second-order valence-corrected chi connectivity index (χ2v) is 4.58. The highest BCUT2D eigenvalue weighted by atomic mass is 19.1. The molecule has 1 saturated heterocycles. The molecule has 0 atom stereocenters. The molecule has 1 aliphatic rings. The average Bonchev–Trinajstić information content (AvgIpc) is 2.38. The number of hydrogen-bond donors (Lipinski definition) is 1. The number of piperazine rings is 1. The van der Waals surface area contributed by atoms with E-state index in [4.69, 9.17) is 5.73 Å². The zero-order valence-electron chi connectivity index (χ0n) is 10.6. The molecule has 104 valence electrons. The Morgan fingerprint density at radius 3 is 2.21 bits per heavy atom. The van der Waals surface area contributed by atoms with Gasteiger partial charge in [0.05, 0.1) is 0 Å². The van der Waals surface area contributed by atoms with Gasteiger partial charge in [0, 0.05) is 50.9 Å². The monoisotopic (exact) mass is 269 g/mol. The predicted octanol–water partition coefficient (Wildman–Crippen LogP) is 0.681. The summed E-state index contributed by atoms with van der Waals surface area (Å²) in [6, 6.07) is 2.89. The molecule has 1 heterocycles. The highest BCUT2D eigenvalue weighted by Gasteiger charge is 2.22. The van der Waals surface area contributed by atoms with Gasteiger partial charge >= 0.3 is 0 Å². The molecule has 0 aliphatic carbocycles. The molecule has 2 N–H and O–H groups in total. The number of halogens is 2. The molecule has 1 aliphatic heterocycles. The molecule has 19 heavy (non-hydrogen) atoms. The van der Waals surface area contributed by atoms with E-state index in [-0.39, 0.29) is 11.5 Å². The zero-order chi connectivity index (χ0) is 13.8. The lowest BCUT2D eigenvalue weighted by atomic mass is 10.1. The van der Waals surface area contributed by atoms with E-state index in [2.05, 4.69) is 4.90 Å². The minimum atomic E-state index is -0.731. The summed E-state index contributed by atoms with van der Waals surface area (Å²) >= 11 is 0. The SMILES string of the molecule is NCCN1CCN(C(=O)c2cc(F)cc(F)c2)CC1. The number of nitrogens with zero attached hydrogens (tertiary/aromatic N) is 2. The molecule has 2 rings (SSSR count). The lowest BCUT2D eigenvalue weighted by Gasteiger charge is -2.34. The van der Waals surface area contributed by atoms with Crippen LogP contribution in [0.4, 0.5) is 8.78 Å². The van der Waals surface area contributed by atoms with Crippen molar-refractivity contribution in [3.8, 4) is 0 Å². The number of amides is 1. The number of nitrogens with two attached hydrogens (primary N) is 1. The van der Waals surface area contributed by atoms with Gasteiger partial charge in [-0.3, -0.25) is 9.69 Å². The van der Waals surface area contributed by atoms with Gasteiger partial charge in [-0.2, -0.15) is 0 Å². The lowest BCUT2D eigenvalue weighted by molar-refractivity contribution is 0.0640. The zero-order valence-corrected chi connectivity index (χ0v) is 10.6. The molecular formula is C13H17F2N3O. The van der Waals surface area contributed by atoms with Crippen LogP contribution >= 0.6 is 0 Å². The predicted molar refractivity (Wildman–Crippen MR) is 67.8 cm³/mol. The van der Waals surface area contributed by atoms with E-state index in [1.807, 2.05) is 0 Å². The summed E-state index contributed by atoms with van der Waals surface area (Å²) in [6.45, 7) is 3.97. The Bertz CT molecular complexity index is 439. The molecule has 0 unspecified atom stereocenters. The van der Waals surface area contributed by atoms with E-state index in [1.54, 1.807) is 4.90 Å². The van der Waals surface area contributed by atoms with E-state index in [9.17, 15) is 13.6 Å². The highest BCUT2D eigenvalue weighted by molar-refractivity contribution is 5.94. The quantitative estimate of drug-likeness (QED) is 0.878. The number of hydrogen-bond acceptors (Lipinski definition) is 3. The van der Waals surface area contributed by atoms with Gasteiger partial charge in [-0.15, -0.1) is 0 Å². The van der Waals surface area contributed by atoms with Crippen molar-refractivity contribution in [3.05, 3.63) is 35.4 Å². The standard InChI is InChI=1S/C13H17F2N3O/c14-11-7-10(8-12(15)9-11)13(19)18-5-3-17(2-1-16)4-6-18/h7-9H,1-6,16H2. The van der Waals surface area contributed by atoms with E-state index in [1.165, 1.54) is 0 Å². The molecule has 0 bridgehead atoms. The highest BCUT2D eigenvalue weighted by Crippen LogP contribution is 2.12. The van der Waals surface area contributed by atoms with Gasteiger partial charge in [0.1, 0.15) is 11.6 Å². The molecule has 6 heteroatoms. The number of benzene rings is 1. The summed E-state index contributed by atoms with van der Waals surface area (Å²) < 4.78 is 26.2. The van der Waals surface area contributed by atoms with E-state index in [0.717, 1.165) is 37.8 Å². The van der Waals surface area contributed by atoms with Gasteiger partial charge in [-0.25, -0.2) is 8.78 Å². The fraction of sp³-hybridized carbons (Fsp3) is 0.462. The van der Waals surface area contributed by atoms with Crippen molar-refractivity contribution in [2.45, 2.75) is 0 Å². The van der Waals surface area contributed by atoms with Crippen molar-refractivity contribution in [2.24, 2.45) is 5.73 Å². The second-order valence-electron chi connectivity index (χ2n) is 4.58. The molecule has 1 fully saturated rings. The smallest absolute Gasteiger partial charge is 0.254 e. The summed E-state index contributed by atoms with van der Waals surface area (Å²) in [6.07, 6.45) is 0. The van der Waals surface area contributed by atoms with Crippen LogP contribution in [0, 0.1) is 11.6 Å². The van der Waals surface area contributed by atoms with Crippen LogP contribution in [0.1, 0.15) is 10.4 Å². The topological polar surface area (TPSA) is 49.6 Å². The van der Waals surface area contributed by atoms with Crippen LogP contribution in [-0.2, 0) is 0 Å². The van der Waals surface area contributed by atoms with E-state index >= 15 is 0 Å². The van der Waals surface area contributed by atoms with Gasteiger partial charge in [-0.05, 0) is 12.1 Å². The number of carbonyl (C=O) groups is 1. The van der Waals surface area contributed by atoms with Gasteiger partial charge in [0.25, 0.3) is 5.91 Å². The fourth-order valence-electron chi connectivity index (χ4n) is 2.22. The molecular weight excluding hydrogens is 252 g/mol. The lowest BCUT2D eigenvalue weighted by Crippen LogP contribution is -2.49. The first-order valence-electron chi connectivity index (χ1n) is 6.28. The van der Waals surface area contributed by atoms with Crippen molar-refractivity contribution in [1.29, 1.82) is 0 Å². The summed E-state index contributed by atoms with van der Waals surface area (Å²) in [7, 11) is 0. The molecule has 4 nitrogen and oxygen atoms in total. The van der Waals surface area contributed by atoms with E-state index in [0.29, 0.717) is 19.6 Å². The van der Waals surface area contributed by atoms with Crippen LogP contribution in [0.3, 0.4) is 0 Å². The summed E-state index contributed by atoms with van der Waals surface area (Å²) in [5, 5.41) is 0. The summed E-state index contributed by atoms with van der Waals surface area (Å²) in [5.74, 6) is -1.79. The maximum absolute atomic E-state index is 13.1. The van der Waals surface area contributed by atoms with Crippen LogP contribution in [0.15, 0.2) is 18.2 Å². The Kier molecular flexibility index (Phi) is 4.44. The minimum Gasteiger partial charge on any atom is -0.336 e. The largest absolute Gasteiger partial charge is 0.336 e. The van der Waals surface area contributed by atoms with Crippen LogP contribution in [0.5, 0.6) is 0 Å². The van der Waals surface area contributed by atoms with Gasteiger partial charge in [-0.1, -0.05) is 0 Å². The first kappa shape index (κ1) is 13.9. The van der Waals surface area contributed by atoms with Crippen molar-refractivity contribution in [1.82, 2.24) is 9.80 Å². The normalized spacial score (nSPS) is 16.7. The van der Waals surface area contributed by atoms with Gasteiger partial charge < -0.3 is 10.6 Å². The molecule has 0 saturated carbocycles. The molecule has 0 radical (unpaired) electrons. The molecule has 0 aromatic heterocycles. The van der Waals surface area contributed by atoms with Gasteiger partial charge in [0.15, 0.2) is 0 Å². The summed E-state index contributed by atoms with van der Waals surface area (Å²) in [4.78, 5) is 15.9. The van der Waals surface area contributed by atoms with Gasteiger partial charge in [0.2, 0.25) is 0 Å². The average molecular weight is 269 g/mol. The third-order valence-electron chi connectivity index (χ3n) is 3.21. The Morgan fingerprint density at radius 1 is 1.11 bits per heavy atom. The van der Waals surface area contributed by atoms with Crippen molar-refractivity contribution in [2.75, 3.05) is 39.3 Å². The Morgan fingerprint density at radius 2 is 1.68 bits per heavy atom. The minimum absolute atomic E-state index is 0.0600. The Labute approximate surface area is 110 Å². The third-order valence-corrected chi connectivity index (χ3v) is 3.21. The van der Waals surface area contributed by atoms with E-state index < -0.39 is 11.6 Å². The summed E-state index contributed by atoms with van der Waals surface area (Å²) in [5.41, 5.74) is 5.53. The Hall–Kier alpha value is -1.53. The maximum atomic E-state index is 13.1. The molecule has 1 aromatic rings. The maximum Gasteiger partial charge on any atom is 0.254 e. The molecule has 1 aromatic carbocycles. The van der Waals surface area contributed by atoms with Crippen LogP contribution in [0.2, 0.25) is 0 Å². The molecule has 1 amide bonds. The molecule has 0 spiro atoms. The number of carbonyl (C=O) groups excluding carboxylic acids is 1. The van der Waals surface area contributed by atoms with Crippen molar-refractivity contribution < 1.29 is 13.6 Å². The van der Waals surface area contributed by atoms with Crippen molar-refractivity contribution in [3.63, 3.8) is 0 Å². The van der Waals surface area contributed by atoms with Crippen LogP contribution in [-0.4, -0.2) is 55.0 Å². The third kappa shape index (κ3) is 3.48. The van der Waals surface area contributed by atoms with Crippen LogP contribution < -0.4 is 5.73 Å². The number of rotatable bonds is 3. The Balaban J connectivity index is 2.01. The first-order valence-corrected chi connectivity index (χ1v) is 6.28.